The highest BCUT2D eigenvalue weighted by atomic mass is 15.0. The summed E-state index contributed by atoms with van der Waals surface area (Å²) in [6, 6.07) is 64.5. The predicted molar refractivity (Wildman–Crippen MR) is 202 cm³/mol. The van der Waals surface area contributed by atoms with Crippen LogP contribution in [0.4, 0.5) is 0 Å². The van der Waals surface area contributed by atoms with Gasteiger partial charge >= 0.3 is 0 Å². The number of rotatable bonds is 3. The van der Waals surface area contributed by atoms with Gasteiger partial charge in [-0.15, -0.1) is 0 Å². The molecule has 0 N–H and O–H groups in total. The van der Waals surface area contributed by atoms with Gasteiger partial charge in [0, 0.05) is 16.5 Å². The Labute approximate surface area is 272 Å². The van der Waals surface area contributed by atoms with Crippen LogP contribution < -0.4 is 0 Å². The molecular weight excluding hydrogens is 567 g/mol. The van der Waals surface area contributed by atoms with E-state index in [0.29, 0.717) is 0 Å². The maximum atomic E-state index is 2.42. The molecule has 10 aromatic rings. The molecule has 0 amide bonds. The second kappa shape index (κ2) is 10.2. The Balaban J connectivity index is 1.16. The summed E-state index contributed by atoms with van der Waals surface area (Å²) in [5, 5.41) is 12.9. The van der Waals surface area contributed by atoms with Gasteiger partial charge in [-0.05, 0) is 102 Å². The van der Waals surface area contributed by atoms with E-state index in [-0.39, 0.29) is 0 Å². The topological polar surface area (TPSA) is 4.93 Å². The van der Waals surface area contributed by atoms with E-state index >= 15 is 0 Å². The number of aromatic nitrogens is 1. The third-order valence-corrected chi connectivity index (χ3v) is 9.96. The first-order valence-corrected chi connectivity index (χ1v) is 16.3. The summed E-state index contributed by atoms with van der Waals surface area (Å²) in [6.45, 7) is 0. The summed E-state index contributed by atoms with van der Waals surface area (Å²) in [6.07, 6.45) is 0. The molecule has 1 heterocycles. The zero-order valence-corrected chi connectivity index (χ0v) is 25.7. The van der Waals surface area contributed by atoms with Gasteiger partial charge < -0.3 is 4.57 Å². The van der Waals surface area contributed by atoms with Crippen LogP contribution in [0.3, 0.4) is 0 Å². The van der Waals surface area contributed by atoms with Gasteiger partial charge in [0.1, 0.15) is 0 Å². The van der Waals surface area contributed by atoms with Gasteiger partial charge in [-0.3, -0.25) is 0 Å². The fourth-order valence-electron chi connectivity index (χ4n) is 7.78. The standard InChI is InChI=1S/C46H29N/c1-2-11-30(12-3-1)32-23-26-41-40-18-8-9-20-45(40)47(46(41)28-32)34-24-21-31(22-25-34)35-19-10-13-33-27-43-38-16-6-4-14-36(38)37-15-5-7-17-39(37)44(43)29-42(33)35/h1-29H. The molecule has 0 fully saturated rings. The maximum absolute atomic E-state index is 2.42. The highest BCUT2D eigenvalue weighted by Gasteiger charge is 2.15. The predicted octanol–water partition coefficient (Wildman–Crippen LogP) is 12.7. The highest BCUT2D eigenvalue weighted by Crippen LogP contribution is 2.40. The van der Waals surface area contributed by atoms with Crippen LogP contribution in [0.5, 0.6) is 0 Å². The van der Waals surface area contributed by atoms with Crippen LogP contribution in [0.25, 0.3) is 92.8 Å². The van der Waals surface area contributed by atoms with Crippen molar-refractivity contribution < 1.29 is 0 Å². The molecule has 0 atom stereocenters. The van der Waals surface area contributed by atoms with Crippen molar-refractivity contribution in [3.05, 3.63) is 176 Å². The van der Waals surface area contributed by atoms with E-state index in [1.165, 1.54) is 87.1 Å². The van der Waals surface area contributed by atoms with Crippen molar-refractivity contribution in [1.82, 2.24) is 4.57 Å². The molecule has 9 aromatic carbocycles. The summed E-state index contributed by atoms with van der Waals surface area (Å²) >= 11 is 0. The first kappa shape index (κ1) is 26.1. The molecule has 0 aliphatic rings. The van der Waals surface area contributed by atoms with E-state index in [0.717, 1.165) is 5.69 Å². The number of hydrogen-bond donors (Lipinski definition) is 0. The molecule has 0 aliphatic heterocycles. The molecule has 0 unspecified atom stereocenters. The molecule has 10 rings (SSSR count). The summed E-state index contributed by atoms with van der Waals surface area (Å²) in [5.41, 5.74) is 8.52. The third kappa shape index (κ3) is 3.97. The first-order valence-electron chi connectivity index (χ1n) is 16.3. The Morgan fingerprint density at radius 2 is 0.851 bits per heavy atom. The van der Waals surface area contributed by atoms with Gasteiger partial charge in [0.15, 0.2) is 0 Å². The van der Waals surface area contributed by atoms with Crippen LogP contribution in [-0.4, -0.2) is 4.57 Å². The Kier molecular flexibility index (Phi) is 5.64. The van der Waals surface area contributed by atoms with Gasteiger partial charge in [0.05, 0.1) is 11.0 Å². The third-order valence-electron chi connectivity index (χ3n) is 9.96. The lowest BCUT2D eigenvalue weighted by Gasteiger charge is -2.14. The lowest BCUT2D eigenvalue weighted by Crippen LogP contribution is -1.94. The molecule has 0 radical (unpaired) electrons. The molecule has 218 valence electrons. The number of hydrogen-bond acceptors (Lipinski definition) is 0. The van der Waals surface area contributed by atoms with Crippen molar-refractivity contribution in [2.45, 2.75) is 0 Å². The van der Waals surface area contributed by atoms with E-state index in [1.54, 1.807) is 0 Å². The fourth-order valence-corrected chi connectivity index (χ4v) is 7.78. The molecular formula is C46H29N. The quantitative estimate of drug-likeness (QED) is 0.141. The molecule has 1 nitrogen and oxygen atoms in total. The zero-order valence-electron chi connectivity index (χ0n) is 25.7. The van der Waals surface area contributed by atoms with Crippen LogP contribution in [0.2, 0.25) is 0 Å². The highest BCUT2D eigenvalue weighted by molar-refractivity contribution is 6.27. The Morgan fingerprint density at radius 3 is 1.57 bits per heavy atom. The first-order chi connectivity index (χ1) is 23.3. The van der Waals surface area contributed by atoms with Crippen molar-refractivity contribution in [3.8, 4) is 27.9 Å². The SMILES string of the molecule is c1ccc(-c2ccc3c4ccccc4n(-c4ccc(-c5cccc6cc7c8ccccc8c8ccccc8c7cc56)cc4)c3c2)cc1. The van der Waals surface area contributed by atoms with Gasteiger partial charge in [-0.1, -0.05) is 140 Å². The van der Waals surface area contributed by atoms with Crippen LogP contribution >= 0.6 is 0 Å². The van der Waals surface area contributed by atoms with Crippen molar-refractivity contribution >= 4 is 64.9 Å². The molecule has 0 bridgehead atoms. The van der Waals surface area contributed by atoms with E-state index in [1.807, 2.05) is 0 Å². The second-order valence-corrected chi connectivity index (χ2v) is 12.5. The zero-order chi connectivity index (χ0) is 30.9. The lowest BCUT2D eigenvalue weighted by molar-refractivity contribution is 1.18. The molecule has 1 aromatic heterocycles. The monoisotopic (exact) mass is 595 g/mol. The van der Waals surface area contributed by atoms with E-state index in [2.05, 4.69) is 180 Å². The average molecular weight is 596 g/mol. The van der Waals surface area contributed by atoms with E-state index in [4.69, 9.17) is 0 Å². The molecule has 0 saturated carbocycles. The van der Waals surface area contributed by atoms with Crippen LogP contribution in [-0.2, 0) is 0 Å². The van der Waals surface area contributed by atoms with E-state index < -0.39 is 0 Å². The molecule has 0 saturated heterocycles. The number of para-hydroxylation sites is 1. The van der Waals surface area contributed by atoms with Crippen LogP contribution in [0.1, 0.15) is 0 Å². The Bertz CT molecular complexity index is 2820. The number of fused-ring (bicyclic) bond motifs is 10. The lowest BCUT2D eigenvalue weighted by atomic mass is 9.90. The molecule has 1 heteroatoms. The van der Waals surface area contributed by atoms with Gasteiger partial charge in [0.25, 0.3) is 0 Å². The van der Waals surface area contributed by atoms with Crippen molar-refractivity contribution in [1.29, 1.82) is 0 Å². The fraction of sp³-hybridized carbons (Fsp3) is 0. The summed E-state index contributed by atoms with van der Waals surface area (Å²) in [7, 11) is 0. The van der Waals surface area contributed by atoms with Crippen molar-refractivity contribution in [2.75, 3.05) is 0 Å². The van der Waals surface area contributed by atoms with Gasteiger partial charge in [-0.2, -0.15) is 0 Å². The minimum Gasteiger partial charge on any atom is -0.309 e. The van der Waals surface area contributed by atoms with Gasteiger partial charge in [-0.25, -0.2) is 0 Å². The molecule has 0 spiro atoms. The normalized spacial score (nSPS) is 11.8. The average Bonchev–Trinajstić information content (AvgIpc) is 3.48. The second-order valence-electron chi connectivity index (χ2n) is 12.5. The Hall–Kier alpha value is -6.18. The maximum Gasteiger partial charge on any atom is 0.0547 e. The van der Waals surface area contributed by atoms with Crippen LogP contribution in [0, 0.1) is 0 Å². The minimum absolute atomic E-state index is 1.16. The van der Waals surface area contributed by atoms with Crippen LogP contribution in [0.15, 0.2) is 176 Å². The number of benzene rings is 9. The van der Waals surface area contributed by atoms with Crippen molar-refractivity contribution in [2.24, 2.45) is 0 Å². The summed E-state index contributed by atoms with van der Waals surface area (Å²) in [4.78, 5) is 0. The van der Waals surface area contributed by atoms with Crippen molar-refractivity contribution in [3.63, 3.8) is 0 Å². The smallest absolute Gasteiger partial charge is 0.0547 e. The summed E-state index contributed by atoms with van der Waals surface area (Å²) in [5.74, 6) is 0. The van der Waals surface area contributed by atoms with E-state index in [9.17, 15) is 0 Å². The largest absolute Gasteiger partial charge is 0.309 e. The molecule has 47 heavy (non-hydrogen) atoms. The van der Waals surface area contributed by atoms with Gasteiger partial charge in [0.2, 0.25) is 0 Å². The Morgan fingerprint density at radius 1 is 0.277 bits per heavy atom. The minimum atomic E-state index is 1.16. The number of nitrogens with zero attached hydrogens (tertiary/aromatic N) is 1. The summed E-state index contributed by atoms with van der Waals surface area (Å²) < 4.78 is 2.41. The molecule has 0 aliphatic carbocycles.